The van der Waals surface area contributed by atoms with Crippen molar-refractivity contribution >= 4 is 5.69 Å². The van der Waals surface area contributed by atoms with Gasteiger partial charge in [-0.25, -0.2) is 0 Å². The molecule has 0 aliphatic carbocycles. The first-order valence-electron chi connectivity index (χ1n) is 6.90. The normalized spacial score (nSPS) is 20.1. The smallest absolute Gasteiger partial charge is 0.124 e. The number of rotatable bonds is 5. The summed E-state index contributed by atoms with van der Waals surface area (Å²) in [6.45, 7) is 2.17. The minimum absolute atomic E-state index is 0.617. The van der Waals surface area contributed by atoms with Crippen molar-refractivity contribution in [2.45, 2.75) is 25.3 Å². The van der Waals surface area contributed by atoms with Gasteiger partial charge in [-0.05, 0) is 26.4 Å². The summed E-state index contributed by atoms with van der Waals surface area (Å²) in [4.78, 5) is 2.44. The molecule has 1 aromatic rings. The van der Waals surface area contributed by atoms with E-state index >= 15 is 0 Å². The van der Waals surface area contributed by atoms with Gasteiger partial charge in [0.25, 0.3) is 0 Å². The maximum absolute atomic E-state index is 5.28. The lowest BCUT2D eigenvalue weighted by atomic mass is 10.0. The van der Waals surface area contributed by atoms with E-state index in [1.807, 2.05) is 18.2 Å². The van der Waals surface area contributed by atoms with E-state index < -0.39 is 0 Å². The third kappa shape index (κ3) is 3.77. The standard InChI is InChI=1S/C15H24N2O2/c1-17-7-5-4-6-13(17)11-16-12-8-14(18-2)10-15(9-12)19-3/h8-10,13,16H,4-7,11H2,1-3H3. The zero-order chi connectivity index (χ0) is 13.7. The topological polar surface area (TPSA) is 33.7 Å². The molecule has 1 saturated heterocycles. The van der Waals surface area contributed by atoms with E-state index in [0.717, 1.165) is 23.7 Å². The van der Waals surface area contributed by atoms with Gasteiger partial charge < -0.3 is 19.7 Å². The van der Waals surface area contributed by atoms with Crippen LogP contribution in [0.3, 0.4) is 0 Å². The van der Waals surface area contributed by atoms with E-state index in [0.29, 0.717) is 6.04 Å². The predicted octanol–water partition coefficient (Wildman–Crippen LogP) is 2.60. The van der Waals surface area contributed by atoms with E-state index in [4.69, 9.17) is 9.47 Å². The molecule has 1 aliphatic rings. The van der Waals surface area contributed by atoms with E-state index in [1.165, 1.54) is 25.8 Å². The number of anilines is 1. The number of likely N-dealkylation sites (tertiary alicyclic amines) is 1. The van der Waals surface area contributed by atoms with Crippen LogP contribution in [0.25, 0.3) is 0 Å². The summed E-state index contributed by atoms with van der Waals surface area (Å²) >= 11 is 0. The molecule has 106 valence electrons. The molecule has 1 aliphatic heterocycles. The maximum atomic E-state index is 5.28. The first kappa shape index (κ1) is 14.0. The summed E-state index contributed by atoms with van der Waals surface area (Å²) in [5.41, 5.74) is 1.05. The number of nitrogens with zero attached hydrogens (tertiary/aromatic N) is 1. The van der Waals surface area contributed by atoms with Crippen LogP contribution >= 0.6 is 0 Å². The number of nitrogens with one attached hydrogen (secondary N) is 1. The van der Waals surface area contributed by atoms with Gasteiger partial charge in [0.1, 0.15) is 11.5 Å². The lowest BCUT2D eigenvalue weighted by Gasteiger charge is -2.32. The SMILES string of the molecule is COc1cc(NCC2CCCCN2C)cc(OC)c1. The Morgan fingerprint density at radius 3 is 2.42 bits per heavy atom. The number of piperidine rings is 1. The van der Waals surface area contributed by atoms with E-state index in [-0.39, 0.29) is 0 Å². The molecule has 0 bridgehead atoms. The van der Waals surface area contributed by atoms with Gasteiger partial charge in [0.15, 0.2) is 0 Å². The number of methoxy groups -OCH3 is 2. The zero-order valence-electron chi connectivity index (χ0n) is 12.1. The Balaban J connectivity index is 1.98. The van der Waals surface area contributed by atoms with Gasteiger partial charge in [-0.2, -0.15) is 0 Å². The molecule has 2 rings (SSSR count). The van der Waals surface area contributed by atoms with Crippen LogP contribution in [0.2, 0.25) is 0 Å². The largest absolute Gasteiger partial charge is 0.497 e. The highest BCUT2D eigenvalue weighted by Gasteiger charge is 2.18. The molecule has 0 radical (unpaired) electrons. The summed E-state index contributed by atoms with van der Waals surface area (Å²) in [6.07, 6.45) is 3.92. The van der Waals surface area contributed by atoms with Crippen LogP contribution in [0.4, 0.5) is 5.69 Å². The molecule has 4 heteroatoms. The lowest BCUT2D eigenvalue weighted by molar-refractivity contribution is 0.194. The Kier molecular flexibility index (Phi) is 4.91. The van der Waals surface area contributed by atoms with Crippen molar-refractivity contribution < 1.29 is 9.47 Å². The summed E-state index contributed by atoms with van der Waals surface area (Å²) in [6, 6.07) is 6.51. The van der Waals surface area contributed by atoms with Crippen molar-refractivity contribution in [3.63, 3.8) is 0 Å². The van der Waals surface area contributed by atoms with Crippen molar-refractivity contribution in [1.82, 2.24) is 4.90 Å². The second kappa shape index (κ2) is 6.66. The summed E-state index contributed by atoms with van der Waals surface area (Å²) < 4.78 is 10.6. The predicted molar refractivity (Wildman–Crippen MR) is 78.3 cm³/mol. The highest BCUT2D eigenvalue weighted by Crippen LogP contribution is 2.26. The fraction of sp³-hybridized carbons (Fsp3) is 0.600. The second-order valence-electron chi connectivity index (χ2n) is 5.11. The van der Waals surface area contributed by atoms with Crippen molar-refractivity contribution in [3.05, 3.63) is 18.2 Å². The average Bonchev–Trinajstić information content (AvgIpc) is 2.46. The van der Waals surface area contributed by atoms with E-state index in [2.05, 4.69) is 17.3 Å². The van der Waals surface area contributed by atoms with Crippen LogP contribution in [0.1, 0.15) is 19.3 Å². The van der Waals surface area contributed by atoms with Gasteiger partial charge in [0.2, 0.25) is 0 Å². The molecule has 1 N–H and O–H groups in total. The van der Waals surface area contributed by atoms with Gasteiger partial charge in [-0.1, -0.05) is 6.42 Å². The number of likely N-dealkylation sites (N-methyl/N-ethyl adjacent to an activating group) is 1. The number of hydrogen-bond donors (Lipinski definition) is 1. The second-order valence-corrected chi connectivity index (χ2v) is 5.11. The molecule has 1 unspecified atom stereocenters. The van der Waals surface area contributed by atoms with E-state index in [1.54, 1.807) is 14.2 Å². The molecule has 0 aromatic heterocycles. The quantitative estimate of drug-likeness (QED) is 0.886. The first-order valence-corrected chi connectivity index (χ1v) is 6.90. The van der Waals surface area contributed by atoms with Crippen molar-refractivity contribution in [2.24, 2.45) is 0 Å². The van der Waals surface area contributed by atoms with Gasteiger partial charge in [-0.3, -0.25) is 0 Å². The summed E-state index contributed by atoms with van der Waals surface area (Å²) in [5.74, 6) is 1.64. The van der Waals surface area contributed by atoms with Gasteiger partial charge in [-0.15, -0.1) is 0 Å². The highest BCUT2D eigenvalue weighted by molar-refractivity contribution is 5.53. The minimum Gasteiger partial charge on any atom is -0.497 e. The summed E-state index contributed by atoms with van der Waals surface area (Å²) in [7, 11) is 5.55. The van der Waals surface area contributed by atoms with Crippen LogP contribution in [0.15, 0.2) is 18.2 Å². The van der Waals surface area contributed by atoms with Crippen LogP contribution in [0.5, 0.6) is 11.5 Å². The Morgan fingerprint density at radius 1 is 1.16 bits per heavy atom. The molecule has 0 saturated carbocycles. The van der Waals surface area contributed by atoms with Crippen molar-refractivity contribution in [3.8, 4) is 11.5 Å². The molecule has 4 nitrogen and oxygen atoms in total. The van der Waals surface area contributed by atoms with Crippen LogP contribution in [-0.4, -0.2) is 45.3 Å². The van der Waals surface area contributed by atoms with Gasteiger partial charge >= 0.3 is 0 Å². The molecule has 0 amide bonds. The Bertz CT molecular complexity index is 387. The molecule has 19 heavy (non-hydrogen) atoms. The Labute approximate surface area is 115 Å². The number of benzene rings is 1. The average molecular weight is 264 g/mol. The molecule has 0 spiro atoms. The third-order valence-electron chi connectivity index (χ3n) is 3.81. The molecular weight excluding hydrogens is 240 g/mol. The van der Waals surface area contributed by atoms with Crippen LogP contribution < -0.4 is 14.8 Å². The molecule has 1 heterocycles. The number of hydrogen-bond acceptors (Lipinski definition) is 4. The zero-order valence-corrected chi connectivity index (χ0v) is 12.1. The van der Waals surface area contributed by atoms with Crippen LogP contribution in [-0.2, 0) is 0 Å². The monoisotopic (exact) mass is 264 g/mol. The van der Waals surface area contributed by atoms with Crippen molar-refractivity contribution in [1.29, 1.82) is 0 Å². The highest BCUT2D eigenvalue weighted by atomic mass is 16.5. The van der Waals surface area contributed by atoms with Gasteiger partial charge in [0, 0.05) is 36.5 Å². The fourth-order valence-corrected chi connectivity index (χ4v) is 2.55. The minimum atomic E-state index is 0.617. The van der Waals surface area contributed by atoms with Crippen LogP contribution in [0, 0.1) is 0 Å². The van der Waals surface area contributed by atoms with Crippen molar-refractivity contribution in [2.75, 3.05) is 39.7 Å². The summed E-state index contributed by atoms with van der Waals surface area (Å²) in [5, 5.41) is 3.49. The third-order valence-corrected chi connectivity index (χ3v) is 3.81. The molecular formula is C15H24N2O2. The first-order chi connectivity index (χ1) is 9.22. The molecule has 1 aromatic carbocycles. The van der Waals surface area contributed by atoms with E-state index in [9.17, 15) is 0 Å². The van der Waals surface area contributed by atoms with Gasteiger partial charge in [0.05, 0.1) is 14.2 Å². The fourth-order valence-electron chi connectivity index (χ4n) is 2.55. The molecule has 1 fully saturated rings. The number of ether oxygens (including phenoxy) is 2. The Hall–Kier alpha value is -1.42. The lowest BCUT2D eigenvalue weighted by Crippen LogP contribution is -2.40. The maximum Gasteiger partial charge on any atom is 0.124 e. The molecule has 1 atom stereocenters. The Morgan fingerprint density at radius 2 is 1.84 bits per heavy atom.